The molecule has 3 heterocycles. The van der Waals surface area contributed by atoms with E-state index in [1.54, 1.807) is 7.05 Å². The fourth-order valence-corrected chi connectivity index (χ4v) is 4.32. The van der Waals surface area contributed by atoms with Crippen molar-refractivity contribution in [1.82, 2.24) is 28.8 Å². The van der Waals surface area contributed by atoms with Crippen molar-refractivity contribution >= 4 is 28.4 Å². The lowest BCUT2D eigenvalue weighted by molar-refractivity contribution is 0.848. The van der Waals surface area contributed by atoms with E-state index in [-0.39, 0.29) is 5.56 Å². The summed E-state index contributed by atoms with van der Waals surface area (Å²) in [6.07, 6.45) is 1.81. The fraction of sp³-hybridized carbons (Fsp3) is 0.143. The summed E-state index contributed by atoms with van der Waals surface area (Å²) in [6.45, 7) is 1.97. The highest BCUT2D eigenvalue weighted by Gasteiger charge is 2.16. The third-order valence-electron chi connectivity index (χ3n) is 5.04. The predicted molar refractivity (Wildman–Crippen MR) is 118 cm³/mol. The van der Waals surface area contributed by atoms with E-state index in [4.69, 9.17) is 5.84 Å². The number of hydrogen-bond donors (Lipinski definition) is 1. The van der Waals surface area contributed by atoms with Crippen LogP contribution in [0.4, 0.5) is 0 Å². The van der Waals surface area contributed by atoms with Crippen LogP contribution in [0.2, 0.25) is 0 Å². The van der Waals surface area contributed by atoms with Gasteiger partial charge >= 0.3 is 0 Å². The van der Waals surface area contributed by atoms with Crippen molar-refractivity contribution in [1.29, 1.82) is 0 Å². The number of aromatic nitrogens is 6. The van der Waals surface area contributed by atoms with Gasteiger partial charge in [0.05, 0.1) is 28.5 Å². The molecule has 2 N–H and O–H groups in total. The van der Waals surface area contributed by atoms with E-state index in [1.807, 2.05) is 66.1 Å². The number of aryl methyl sites for hydroxylation is 2. The van der Waals surface area contributed by atoms with E-state index in [0.29, 0.717) is 22.1 Å². The van der Waals surface area contributed by atoms with Gasteiger partial charge in [0.2, 0.25) is 5.78 Å². The Bertz CT molecular complexity index is 1450. The first-order valence-corrected chi connectivity index (χ1v) is 10.4. The van der Waals surface area contributed by atoms with Crippen LogP contribution in [0.25, 0.3) is 27.9 Å². The second-order valence-corrected chi connectivity index (χ2v) is 8.05. The molecule has 9 heteroatoms. The topological polar surface area (TPSA) is 96.0 Å². The number of thioether (sulfide) groups is 1. The number of nitrogens with zero attached hydrogens (tertiary/aromatic N) is 6. The summed E-state index contributed by atoms with van der Waals surface area (Å²) in [4.78, 5) is 17.4. The summed E-state index contributed by atoms with van der Waals surface area (Å²) < 4.78 is 4.97. The predicted octanol–water partition coefficient (Wildman–Crippen LogP) is 2.76. The van der Waals surface area contributed by atoms with Crippen LogP contribution < -0.4 is 11.4 Å². The first-order chi connectivity index (χ1) is 14.5. The largest absolute Gasteiger partial charge is 0.337 e. The molecule has 5 aromatic rings. The molecule has 0 saturated heterocycles. The van der Waals surface area contributed by atoms with E-state index in [9.17, 15) is 4.79 Å². The summed E-state index contributed by atoms with van der Waals surface area (Å²) in [5.41, 5.74) is 3.56. The van der Waals surface area contributed by atoms with Crippen molar-refractivity contribution < 1.29 is 0 Å². The van der Waals surface area contributed by atoms with Crippen LogP contribution in [-0.4, -0.2) is 28.8 Å². The quantitative estimate of drug-likeness (QED) is 0.357. The molecule has 0 amide bonds. The van der Waals surface area contributed by atoms with Crippen LogP contribution in [0.15, 0.2) is 64.7 Å². The third kappa shape index (κ3) is 2.94. The Balaban J connectivity index is 1.54. The molecule has 0 aliphatic heterocycles. The highest BCUT2D eigenvalue weighted by molar-refractivity contribution is 7.98. The Morgan fingerprint density at radius 2 is 1.90 bits per heavy atom. The van der Waals surface area contributed by atoms with Gasteiger partial charge in [0.25, 0.3) is 5.56 Å². The SMILES string of the molecule is Cc1ccc2c(c1)c(=O)n(C)c1nnc(CSc3nc(-c4ccccc4)cn3N)n21. The zero-order valence-electron chi connectivity index (χ0n) is 16.5. The second-order valence-electron chi connectivity index (χ2n) is 7.11. The average molecular weight is 417 g/mol. The third-order valence-corrected chi connectivity index (χ3v) is 6.00. The van der Waals surface area contributed by atoms with E-state index in [1.165, 1.54) is 21.0 Å². The van der Waals surface area contributed by atoms with Gasteiger partial charge in [0.1, 0.15) is 5.82 Å². The van der Waals surface area contributed by atoms with Crippen molar-refractivity contribution in [3.8, 4) is 11.3 Å². The van der Waals surface area contributed by atoms with Crippen molar-refractivity contribution in [2.45, 2.75) is 17.8 Å². The van der Waals surface area contributed by atoms with Gasteiger partial charge in [-0.3, -0.25) is 13.8 Å². The van der Waals surface area contributed by atoms with Crippen molar-refractivity contribution in [2.75, 3.05) is 5.84 Å². The standard InChI is InChI=1S/C21H19N7OS/c1-13-8-9-17-15(10-13)19(29)26(2)20-25-24-18(28(17)20)12-30-21-23-16(11-27(21)22)14-6-4-3-5-7-14/h3-11H,12,22H2,1-2H3. The maximum Gasteiger partial charge on any atom is 0.262 e. The molecular weight excluding hydrogens is 398 g/mol. The molecule has 150 valence electrons. The number of benzene rings is 2. The monoisotopic (exact) mass is 417 g/mol. The van der Waals surface area contributed by atoms with Crippen molar-refractivity contribution in [3.05, 3.63) is 76.5 Å². The summed E-state index contributed by atoms with van der Waals surface area (Å²) in [6, 6.07) is 15.7. The number of nitrogen functional groups attached to an aromatic ring is 1. The Labute approximate surface area is 176 Å². The van der Waals surface area contributed by atoms with Gasteiger partial charge in [-0.15, -0.1) is 10.2 Å². The molecular formula is C21H19N7OS. The Hall–Kier alpha value is -3.59. The number of imidazole rings is 1. The Morgan fingerprint density at radius 3 is 2.70 bits per heavy atom. The molecule has 0 fully saturated rings. The molecule has 5 rings (SSSR count). The fourth-order valence-electron chi connectivity index (χ4n) is 3.51. The lowest BCUT2D eigenvalue weighted by Gasteiger charge is -2.08. The molecule has 8 nitrogen and oxygen atoms in total. The van der Waals surface area contributed by atoms with Gasteiger partial charge in [-0.1, -0.05) is 53.7 Å². The molecule has 0 saturated carbocycles. The summed E-state index contributed by atoms with van der Waals surface area (Å²) in [5, 5.41) is 9.90. The van der Waals surface area contributed by atoms with Crippen LogP contribution in [-0.2, 0) is 12.8 Å². The first-order valence-electron chi connectivity index (χ1n) is 9.39. The lowest BCUT2D eigenvalue weighted by atomic mass is 10.1. The number of fused-ring (bicyclic) bond motifs is 3. The number of hydrogen-bond acceptors (Lipinski definition) is 6. The van der Waals surface area contributed by atoms with Crippen molar-refractivity contribution in [3.63, 3.8) is 0 Å². The second kappa shape index (κ2) is 7.03. The summed E-state index contributed by atoms with van der Waals surface area (Å²) in [5.74, 6) is 7.86. The molecule has 0 atom stereocenters. The first kappa shape index (κ1) is 18.4. The normalized spacial score (nSPS) is 11.5. The van der Waals surface area contributed by atoms with Gasteiger partial charge in [0, 0.05) is 12.6 Å². The molecule has 0 bridgehead atoms. The molecule has 2 aromatic carbocycles. The van der Waals surface area contributed by atoms with Crippen LogP contribution >= 0.6 is 11.8 Å². The maximum absolute atomic E-state index is 12.7. The van der Waals surface area contributed by atoms with Crippen LogP contribution in [0, 0.1) is 6.92 Å². The van der Waals surface area contributed by atoms with Crippen LogP contribution in [0.3, 0.4) is 0 Å². The maximum atomic E-state index is 12.7. The van der Waals surface area contributed by atoms with Gasteiger partial charge in [-0.2, -0.15) is 0 Å². The minimum atomic E-state index is -0.0854. The summed E-state index contributed by atoms with van der Waals surface area (Å²) >= 11 is 1.47. The van der Waals surface area contributed by atoms with E-state index < -0.39 is 0 Å². The minimum absolute atomic E-state index is 0.0854. The van der Waals surface area contributed by atoms with E-state index >= 15 is 0 Å². The highest BCUT2D eigenvalue weighted by Crippen LogP contribution is 2.26. The molecule has 0 spiro atoms. The molecule has 30 heavy (non-hydrogen) atoms. The molecule has 0 radical (unpaired) electrons. The zero-order valence-corrected chi connectivity index (χ0v) is 17.3. The zero-order chi connectivity index (χ0) is 20.8. The van der Waals surface area contributed by atoms with Crippen LogP contribution in [0.5, 0.6) is 0 Å². The van der Waals surface area contributed by atoms with Gasteiger partial charge < -0.3 is 5.84 Å². The smallest absolute Gasteiger partial charge is 0.262 e. The van der Waals surface area contributed by atoms with E-state index in [0.717, 1.165) is 28.2 Å². The molecule has 0 aliphatic carbocycles. The highest BCUT2D eigenvalue weighted by atomic mass is 32.2. The molecule has 0 aliphatic rings. The molecule has 3 aromatic heterocycles. The average Bonchev–Trinajstić information content (AvgIpc) is 3.35. The van der Waals surface area contributed by atoms with E-state index in [2.05, 4.69) is 15.2 Å². The van der Waals surface area contributed by atoms with Crippen LogP contribution in [0.1, 0.15) is 11.4 Å². The summed E-state index contributed by atoms with van der Waals surface area (Å²) in [7, 11) is 1.71. The van der Waals surface area contributed by atoms with Crippen molar-refractivity contribution in [2.24, 2.45) is 7.05 Å². The Morgan fingerprint density at radius 1 is 1.10 bits per heavy atom. The lowest BCUT2D eigenvalue weighted by Crippen LogP contribution is -2.20. The van der Waals surface area contributed by atoms with Gasteiger partial charge in [-0.05, 0) is 19.1 Å². The minimum Gasteiger partial charge on any atom is -0.337 e. The number of nitrogens with two attached hydrogens (primary N) is 1. The number of rotatable bonds is 4. The van der Waals surface area contributed by atoms with Gasteiger partial charge in [-0.25, -0.2) is 9.66 Å². The molecule has 0 unspecified atom stereocenters. The van der Waals surface area contributed by atoms with Gasteiger partial charge in [0.15, 0.2) is 5.16 Å². The Kier molecular flexibility index (Phi) is 4.32.